The van der Waals surface area contributed by atoms with Crippen LogP contribution in [-0.4, -0.2) is 29.6 Å². The molecule has 1 N–H and O–H groups in total. The molecule has 2 aromatic heterocycles. The number of ether oxygens (including phenoxy) is 2. The summed E-state index contributed by atoms with van der Waals surface area (Å²) in [4.78, 5) is 21.0. The average molecular weight is 323 g/mol. The number of carbonyl (C=O) groups excluding carboxylic acids is 1. The van der Waals surface area contributed by atoms with E-state index >= 15 is 0 Å². The van der Waals surface area contributed by atoms with Crippen LogP contribution >= 0.6 is 0 Å². The summed E-state index contributed by atoms with van der Waals surface area (Å²) in [5, 5.41) is 3.64. The molecule has 0 spiro atoms. The first-order valence-electron chi connectivity index (χ1n) is 7.55. The molecule has 6 nitrogen and oxygen atoms in total. The highest BCUT2D eigenvalue weighted by Gasteiger charge is 2.08. The van der Waals surface area contributed by atoms with Gasteiger partial charge in [0, 0.05) is 17.0 Å². The highest BCUT2D eigenvalue weighted by atomic mass is 16.5. The van der Waals surface area contributed by atoms with Gasteiger partial charge < -0.3 is 14.8 Å². The van der Waals surface area contributed by atoms with Gasteiger partial charge in [-0.05, 0) is 49.4 Å². The van der Waals surface area contributed by atoms with E-state index in [1.165, 1.54) is 0 Å². The summed E-state index contributed by atoms with van der Waals surface area (Å²) < 4.78 is 10.5. The van der Waals surface area contributed by atoms with Crippen molar-refractivity contribution >= 4 is 22.8 Å². The first kappa shape index (κ1) is 15.7. The van der Waals surface area contributed by atoms with E-state index in [-0.39, 0.29) is 5.91 Å². The summed E-state index contributed by atoms with van der Waals surface area (Å²) in [6.45, 7) is 2.43. The molecular formula is C18H17N3O3. The molecule has 0 aliphatic carbocycles. The number of methoxy groups -OCH3 is 1. The lowest BCUT2D eigenvalue weighted by atomic mass is 10.2. The maximum atomic E-state index is 12.3. The van der Waals surface area contributed by atoms with Crippen LogP contribution in [-0.2, 0) is 0 Å². The van der Waals surface area contributed by atoms with Gasteiger partial charge in [-0.3, -0.25) is 4.79 Å². The van der Waals surface area contributed by atoms with E-state index in [0.717, 1.165) is 5.39 Å². The summed E-state index contributed by atoms with van der Waals surface area (Å²) >= 11 is 0. The molecule has 0 aliphatic rings. The molecule has 3 rings (SSSR count). The van der Waals surface area contributed by atoms with Crippen LogP contribution in [0.3, 0.4) is 0 Å². The fourth-order valence-electron chi connectivity index (χ4n) is 2.21. The van der Waals surface area contributed by atoms with Gasteiger partial charge in [-0.15, -0.1) is 0 Å². The van der Waals surface area contributed by atoms with Gasteiger partial charge in [0.1, 0.15) is 11.6 Å². The number of benzene rings is 1. The number of pyridine rings is 2. The molecule has 6 heteroatoms. The van der Waals surface area contributed by atoms with Crippen molar-refractivity contribution in [1.82, 2.24) is 9.97 Å². The Labute approximate surface area is 139 Å². The topological polar surface area (TPSA) is 73.3 Å². The third kappa shape index (κ3) is 3.43. The van der Waals surface area contributed by atoms with Crippen LogP contribution in [0.1, 0.15) is 17.3 Å². The number of amides is 1. The van der Waals surface area contributed by atoms with E-state index in [4.69, 9.17) is 9.47 Å². The van der Waals surface area contributed by atoms with Crippen LogP contribution in [0.15, 0.2) is 48.5 Å². The van der Waals surface area contributed by atoms with Gasteiger partial charge >= 0.3 is 0 Å². The van der Waals surface area contributed by atoms with Gasteiger partial charge in [0.05, 0.1) is 13.7 Å². The maximum absolute atomic E-state index is 12.3. The second-order valence-corrected chi connectivity index (χ2v) is 5.01. The number of carbonyl (C=O) groups is 1. The molecule has 1 amide bonds. The number of nitrogens with one attached hydrogen (secondary N) is 1. The van der Waals surface area contributed by atoms with E-state index in [2.05, 4.69) is 15.3 Å². The molecule has 3 aromatic rings. The van der Waals surface area contributed by atoms with E-state index in [0.29, 0.717) is 35.3 Å². The number of rotatable bonds is 5. The number of aromatic nitrogens is 2. The molecule has 0 fully saturated rings. The van der Waals surface area contributed by atoms with Gasteiger partial charge in [-0.1, -0.05) is 0 Å². The minimum absolute atomic E-state index is 0.245. The molecule has 0 unspecified atom stereocenters. The van der Waals surface area contributed by atoms with E-state index in [1.54, 1.807) is 43.5 Å². The van der Waals surface area contributed by atoms with Crippen molar-refractivity contribution in [1.29, 1.82) is 0 Å². The summed E-state index contributed by atoms with van der Waals surface area (Å²) in [6, 6.07) is 14.1. The lowest BCUT2D eigenvalue weighted by molar-refractivity contribution is 0.102. The first-order valence-corrected chi connectivity index (χ1v) is 7.55. The Morgan fingerprint density at radius 2 is 1.79 bits per heavy atom. The lowest BCUT2D eigenvalue weighted by Crippen LogP contribution is -2.13. The Kier molecular flexibility index (Phi) is 4.56. The normalized spacial score (nSPS) is 10.4. The summed E-state index contributed by atoms with van der Waals surface area (Å²) in [7, 11) is 1.58. The fourth-order valence-corrected chi connectivity index (χ4v) is 2.21. The third-order valence-electron chi connectivity index (χ3n) is 3.41. The minimum Gasteiger partial charge on any atom is -0.497 e. The molecule has 0 saturated heterocycles. The molecule has 122 valence electrons. The first-order chi connectivity index (χ1) is 11.7. The third-order valence-corrected chi connectivity index (χ3v) is 3.41. The van der Waals surface area contributed by atoms with Crippen LogP contribution in [0, 0.1) is 0 Å². The second-order valence-electron chi connectivity index (χ2n) is 5.01. The zero-order chi connectivity index (χ0) is 16.9. The Morgan fingerprint density at radius 3 is 2.50 bits per heavy atom. The molecule has 2 heterocycles. The van der Waals surface area contributed by atoms with Crippen molar-refractivity contribution in [3.63, 3.8) is 0 Å². The SMILES string of the molecule is CCOc1ccc2ccc(NC(=O)c3ccc(OC)cc3)nc2n1. The van der Waals surface area contributed by atoms with Crippen LogP contribution in [0.25, 0.3) is 11.0 Å². The largest absolute Gasteiger partial charge is 0.497 e. The van der Waals surface area contributed by atoms with Crippen molar-refractivity contribution in [2.24, 2.45) is 0 Å². The van der Waals surface area contributed by atoms with Gasteiger partial charge in [-0.25, -0.2) is 4.98 Å². The van der Waals surface area contributed by atoms with Crippen molar-refractivity contribution in [3.8, 4) is 11.6 Å². The predicted molar refractivity (Wildman–Crippen MR) is 91.7 cm³/mol. The van der Waals surface area contributed by atoms with E-state index in [1.807, 2.05) is 19.1 Å². The summed E-state index contributed by atoms with van der Waals surface area (Å²) in [5.74, 6) is 1.40. The van der Waals surface area contributed by atoms with Crippen LogP contribution in [0.4, 0.5) is 5.82 Å². The van der Waals surface area contributed by atoms with Gasteiger partial charge in [-0.2, -0.15) is 4.98 Å². The molecular weight excluding hydrogens is 306 g/mol. The highest BCUT2D eigenvalue weighted by Crippen LogP contribution is 2.18. The molecule has 1 aromatic carbocycles. The number of hydrogen-bond acceptors (Lipinski definition) is 5. The lowest BCUT2D eigenvalue weighted by Gasteiger charge is -2.07. The molecule has 0 bridgehead atoms. The number of hydrogen-bond donors (Lipinski definition) is 1. The Hall–Kier alpha value is -3.15. The van der Waals surface area contributed by atoms with E-state index < -0.39 is 0 Å². The van der Waals surface area contributed by atoms with Crippen molar-refractivity contribution < 1.29 is 14.3 Å². The molecule has 0 aliphatic heterocycles. The Morgan fingerprint density at radius 1 is 1.04 bits per heavy atom. The summed E-state index contributed by atoms with van der Waals surface area (Å²) in [6.07, 6.45) is 0. The zero-order valence-corrected chi connectivity index (χ0v) is 13.4. The standard InChI is InChI=1S/C18H17N3O3/c1-3-24-16-11-7-12-6-10-15(19-17(12)21-16)20-18(22)13-4-8-14(23-2)9-5-13/h4-11H,3H2,1-2H3,(H,19,20,21,22). The quantitative estimate of drug-likeness (QED) is 0.780. The smallest absolute Gasteiger partial charge is 0.256 e. The predicted octanol–water partition coefficient (Wildman–Crippen LogP) is 3.29. The molecule has 24 heavy (non-hydrogen) atoms. The fraction of sp³-hybridized carbons (Fsp3) is 0.167. The van der Waals surface area contributed by atoms with Crippen LogP contribution in [0.5, 0.6) is 11.6 Å². The number of nitrogens with zero attached hydrogens (tertiary/aromatic N) is 2. The van der Waals surface area contributed by atoms with E-state index in [9.17, 15) is 4.79 Å². The number of anilines is 1. The van der Waals surface area contributed by atoms with Gasteiger partial charge in [0.25, 0.3) is 5.91 Å². The molecule has 0 saturated carbocycles. The van der Waals surface area contributed by atoms with Crippen molar-refractivity contribution in [3.05, 3.63) is 54.1 Å². The van der Waals surface area contributed by atoms with Crippen LogP contribution < -0.4 is 14.8 Å². The average Bonchev–Trinajstić information content (AvgIpc) is 2.62. The Balaban J connectivity index is 1.81. The highest BCUT2D eigenvalue weighted by molar-refractivity contribution is 6.04. The minimum atomic E-state index is -0.245. The Bertz CT molecular complexity index is 863. The maximum Gasteiger partial charge on any atom is 0.256 e. The molecule has 0 atom stereocenters. The monoisotopic (exact) mass is 323 g/mol. The zero-order valence-electron chi connectivity index (χ0n) is 13.4. The van der Waals surface area contributed by atoms with Crippen molar-refractivity contribution in [2.45, 2.75) is 6.92 Å². The van der Waals surface area contributed by atoms with Gasteiger partial charge in [0.2, 0.25) is 5.88 Å². The number of fused-ring (bicyclic) bond motifs is 1. The second kappa shape index (κ2) is 6.95. The molecule has 0 radical (unpaired) electrons. The van der Waals surface area contributed by atoms with Gasteiger partial charge in [0.15, 0.2) is 5.65 Å². The van der Waals surface area contributed by atoms with Crippen molar-refractivity contribution in [2.75, 3.05) is 19.0 Å². The summed E-state index contributed by atoms with van der Waals surface area (Å²) in [5.41, 5.74) is 1.04. The van der Waals surface area contributed by atoms with Crippen LogP contribution in [0.2, 0.25) is 0 Å².